The summed E-state index contributed by atoms with van der Waals surface area (Å²) in [7, 11) is 0. The second-order valence-corrected chi connectivity index (χ2v) is 7.11. The Morgan fingerprint density at radius 3 is 2.32 bits per heavy atom. The topological polar surface area (TPSA) is 37.3 Å². The lowest BCUT2D eigenvalue weighted by molar-refractivity contribution is -0.139. The van der Waals surface area contributed by atoms with Gasteiger partial charge >= 0.3 is 5.97 Å². The minimum atomic E-state index is -0.713. The van der Waals surface area contributed by atoms with E-state index < -0.39 is 11.4 Å². The zero-order valence-electron chi connectivity index (χ0n) is 13.6. The van der Waals surface area contributed by atoms with Crippen LogP contribution in [0.15, 0.2) is 54.1 Å². The standard InChI is InChI=1S/C20H22O2/c1-13(2)12-20(17(18(21)22)19(20,3)4)16-11-7-9-14-8-5-6-10-15(14)16/h5-12,17H,1-4H3,(H,21,22). The van der Waals surface area contributed by atoms with E-state index >= 15 is 0 Å². The van der Waals surface area contributed by atoms with Crippen LogP contribution in [0.25, 0.3) is 10.8 Å². The molecule has 0 amide bonds. The molecule has 0 aliphatic heterocycles. The van der Waals surface area contributed by atoms with E-state index in [2.05, 4.69) is 44.2 Å². The van der Waals surface area contributed by atoms with Crippen molar-refractivity contribution in [2.24, 2.45) is 11.3 Å². The maximum atomic E-state index is 11.9. The van der Waals surface area contributed by atoms with E-state index in [1.807, 2.05) is 32.0 Å². The quantitative estimate of drug-likeness (QED) is 0.827. The van der Waals surface area contributed by atoms with Gasteiger partial charge < -0.3 is 5.11 Å². The van der Waals surface area contributed by atoms with Crippen molar-refractivity contribution >= 4 is 16.7 Å². The van der Waals surface area contributed by atoms with Gasteiger partial charge in [-0.05, 0) is 35.6 Å². The number of carboxylic acid groups (broad SMARTS) is 1. The van der Waals surface area contributed by atoms with E-state index in [-0.39, 0.29) is 11.3 Å². The highest BCUT2D eigenvalue weighted by Gasteiger charge is 2.74. The third-order valence-electron chi connectivity index (χ3n) is 5.16. The van der Waals surface area contributed by atoms with Crippen LogP contribution in [0, 0.1) is 11.3 Å². The lowest BCUT2D eigenvalue weighted by atomic mass is 9.83. The summed E-state index contributed by atoms with van der Waals surface area (Å²) in [5.74, 6) is -1.10. The van der Waals surface area contributed by atoms with E-state index in [1.165, 1.54) is 0 Å². The van der Waals surface area contributed by atoms with Crippen LogP contribution in [0.1, 0.15) is 33.3 Å². The van der Waals surface area contributed by atoms with Gasteiger partial charge in [-0.2, -0.15) is 0 Å². The lowest BCUT2D eigenvalue weighted by Gasteiger charge is -2.20. The molecule has 2 aromatic rings. The predicted molar refractivity (Wildman–Crippen MR) is 90.0 cm³/mol. The Balaban J connectivity index is 2.33. The molecular weight excluding hydrogens is 272 g/mol. The SMILES string of the molecule is CC(C)=CC1(c2cccc3ccccc23)C(C(=O)O)C1(C)C. The van der Waals surface area contributed by atoms with Crippen molar-refractivity contribution in [3.63, 3.8) is 0 Å². The number of rotatable bonds is 3. The average Bonchev–Trinajstić information content (AvgIpc) is 2.93. The molecular formula is C20H22O2. The van der Waals surface area contributed by atoms with Crippen molar-refractivity contribution in [3.8, 4) is 0 Å². The van der Waals surface area contributed by atoms with Gasteiger partial charge in [0.1, 0.15) is 0 Å². The molecule has 1 aliphatic carbocycles. The van der Waals surface area contributed by atoms with Gasteiger partial charge in [-0.25, -0.2) is 0 Å². The van der Waals surface area contributed by atoms with Crippen molar-refractivity contribution in [1.82, 2.24) is 0 Å². The first kappa shape index (κ1) is 14.8. The van der Waals surface area contributed by atoms with Crippen LogP contribution in [0.4, 0.5) is 0 Å². The Labute approximate surface area is 131 Å². The summed E-state index contributed by atoms with van der Waals surface area (Å²) < 4.78 is 0. The van der Waals surface area contributed by atoms with Crippen molar-refractivity contribution in [1.29, 1.82) is 0 Å². The molecule has 1 fully saturated rings. The molecule has 1 aliphatic rings. The minimum Gasteiger partial charge on any atom is -0.481 e. The highest BCUT2D eigenvalue weighted by molar-refractivity contribution is 5.91. The highest BCUT2D eigenvalue weighted by Crippen LogP contribution is 2.71. The van der Waals surface area contributed by atoms with Crippen LogP contribution in [-0.2, 0) is 10.2 Å². The Kier molecular flexibility index (Phi) is 3.17. The zero-order chi connectivity index (χ0) is 16.1. The molecule has 0 radical (unpaired) electrons. The molecule has 2 atom stereocenters. The van der Waals surface area contributed by atoms with Gasteiger partial charge in [0.05, 0.1) is 5.92 Å². The molecule has 114 valence electrons. The fraction of sp³-hybridized carbons (Fsp3) is 0.350. The number of aliphatic carboxylic acids is 1. The Morgan fingerprint density at radius 2 is 1.73 bits per heavy atom. The van der Waals surface area contributed by atoms with E-state index in [0.29, 0.717) is 0 Å². The van der Waals surface area contributed by atoms with Gasteiger partial charge in [0.25, 0.3) is 0 Å². The van der Waals surface area contributed by atoms with E-state index in [1.54, 1.807) is 0 Å². The molecule has 2 unspecified atom stereocenters. The molecule has 2 nitrogen and oxygen atoms in total. The molecule has 0 bridgehead atoms. The maximum Gasteiger partial charge on any atom is 0.308 e. The molecule has 0 saturated heterocycles. The van der Waals surface area contributed by atoms with E-state index in [4.69, 9.17) is 0 Å². The molecule has 0 aromatic heterocycles. The fourth-order valence-corrected chi connectivity index (χ4v) is 4.19. The molecule has 2 aromatic carbocycles. The normalized spacial score (nSPS) is 25.7. The molecule has 0 heterocycles. The molecule has 3 rings (SSSR count). The minimum absolute atomic E-state index is 0.291. The Morgan fingerprint density at radius 1 is 1.09 bits per heavy atom. The summed E-state index contributed by atoms with van der Waals surface area (Å²) in [6.45, 7) is 8.21. The number of fused-ring (bicyclic) bond motifs is 1. The van der Waals surface area contributed by atoms with Crippen molar-refractivity contribution in [2.45, 2.75) is 33.1 Å². The van der Waals surface area contributed by atoms with Crippen LogP contribution in [0.3, 0.4) is 0 Å². The average molecular weight is 294 g/mol. The second kappa shape index (κ2) is 4.70. The first-order valence-electron chi connectivity index (χ1n) is 7.69. The van der Waals surface area contributed by atoms with Crippen molar-refractivity contribution in [3.05, 3.63) is 59.7 Å². The van der Waals surface area contributed by atoms with Gasteiger partial charge in [-0.1, -0.05) is 68.0 Å². The third-order valence-corrected chi connectivity index (χ3v) is 5.16. The fourth-order valence-electron chi connectivity index (χ4n) is 4.19. The maximum absolute atomic E-state index is 11.9. The van der Waals surface area contributed by atoms with Gasteiger partial charge in [-0.3, -0.25) is 4.79 Å². The first-order chi connectivity index (χ1) is 10.3. The lowest BCUT2D eigenvalue weighted by Crippen LogP contribution is -2.15. The Bertz CT molecular complexity index is 776. The molecule has 2 heteroatoms. The molecule has 22 heavy (non-hydrogen) atoms. The number of hydrogen-bond donors (Lipinski definition) is 1. The summed E-state index contributed by atoms with van der Waals surface area (Å²) in [6.07, 6.45) is 2.16. The predicted octanol–water partition coefficient (Wildman–Crippen LogP) is 4.78. The smallest absolute Gasteiger partial charge is 0.308 e. The van der Waals surface area contributed by atoms with Gasteiger partial charge in [0.2, 0.25) is 0 Å². The van der Waals surface area contributed by atoms with E-state index in [9.17, 15) is 9.90 Å². The second-order valence-electron chi connectivity index (χ2n) is 7.11. The molecule has 1 N–H and O–H groups in total. The third kappa shape index (κ3) is 1.83. The van der Waals surface area contributed by atoms with Crippen LogP contribution in [0.2, 0.25) is 0 Å². The van der Waals surface area contributed by atoms with Gasteiger partial charge in [0, 0.05) is 5.41 Å². The highest BCUT2D eigenvalue weighted by atomic mass is 16.4. The summed E-state index contributed by atoms with van der Waals surface area (Å²) in [4.78, 5) is 11.9. The van der Waals surface area contributed by atoms with Crippen LogP contribution >= 0.6 is 0 Å². The number of carbonyl (C=O) groups is 1. The van der Waals surface area contributed by atoms with E-state index in [0.717, 1.165) is 21.9 Å². The summed E-state index contributed by atoms with van der Waals surface area (Å²) in [6, 6.07) is 14.4. The molecule has 0 spiro atoms. The summed E-state index contributed by atoms with van der Waals surface area (Å²) in [5, 5.41) is 12.1. The van der Waals surface area contributed by atoms with Crippen molar-refractivity contribution in [2.75, 3.05) is 0 Å². The number of benzene rings is 2. The van der Waals surface area contributed by atoms with Crippen LogP contribution in [0.5, 0.6) is 0 Å². The zero-order valence-corrected chi connectivity index (χ0v) is 13.6. The monoisotopic (exact) mass is 294 g/mol. The number of hydrogen-bond acceptors (Lipinski definition) is 1. The van der Waals surface area contributed by atoms with Gasteiger partial charge in [-0.15, -0.1) is 0 Å². The van der Waals surface area contributed by atoms with Crippen LogP contribution in [-0.4, -0.2) is 11.1 Å². The van der Waals surface area contributed by atoms with Crippen molar-refractivity contribution < 1.29 is 9.90 Å². The summed E-state index contributed by atoms with van der Waals surface area (Å²) >= 11 is 0. The molecule has 1 saturated carbocycles. The summed E-state index contributed by atoms with van der Waals surface area (Å²) in [5.41, 5.74) is 1.56. The van der Waals surface area contributed by atoms with Crippen LogP contribution < -0.4 is 0 Å². The largest absolute Gasteiger partial charge is 0.481 e. The Hall–Kier alpha value is -2.09. The van der Waals surface area contributed by atoms with Gasteiger partial charge in [0.15, 0.2) is 0 Å². The number of carboxylic acids is 1. The first-order valence-corrected chi connectivity index (χ1v) is 7.69. The number of allylic oxidation sites excluding steroid dienone is 2.